The molecule has 0 amide bonds. The SMILES string of the molecule is COc1ccc(C(C#N)(CCCNCCc2cc(OC)c(OC)cc2CO)C(C)C)cc1OC. The van der Waals surface area contributed by atoms with Crippen LogP contribution in [0.1, 0.15) is 43.4 Å². The molecular weight excluding hydrogens is 432 g/mol. The van der Waals surface area contributed by atoms with E-state index in [2.05, 4.69) is 25.2 Å². The summed E-state index contributed by atoms with van der Waals surface area (Å²) in [6.45, 7) is 5.65. The Morgan fingerprint density at radius 3 is 2.00 bits per heavy atom. The summed E-state index contributed by atoms with van der Waals surface area (Å²) in [5.74, 6) is 2.68. The minimum atomic E-state index is -0.616. The van der Waals surface area contributed by atoms with E-state index in [0.29, 0.717) is 23.0 Å². The summed E-state index contributed by atoms with van der Waals surface area (Å²) in [7, 11) is 6.40. The number of ether oxygens (including phenoxy) is 4. The Hall–Kier alpha value is -2.95. The van der Waals surface area contributed by atoms with Gasteiger partial charge in [-0.2, -0.15) is 5.26 Å². The first-order valence-corrected chi connectivity index (χ1v) is 11.6. The molecule has 186 valence electrons. The van der Waals surface area contributed by atoms with Crippen molar-refractivity contribution in [2.24, 2.45) is 5.92 Å². The zero-order valence-corrected chi connectivity index (χ0v) is 21.2. The van der Waals surface area contributed by atoms with Crippen molar-refractivity contribution in [2.45, 2.75) is 45.1 Å². The number of aliphatic hydroxyl groups excluding tert-OH is 1. The molecule has 0 bridgehead atoms. The fourth-order valence-corrected chi connectivity index (χ4v) is 4.31. The van der Waals surface area contributed by atoms with E-state index in [1.54, 1.807) is 28.4 Å². The van der Waals surface area contributed by atoms with Crippen LogP contribution in [0.5, 0.6) is 23.0 Å². The van der Waals surface area contributed by atoms with Crippen molar-refractivity contribution in [3.05, 3.63) is 47.0 Å². The molecule has 7 heteroatoms. The maximum absolute atomic E-state index is 10.2. The maximum atomic E-state index is 10.2. The lowest BCUT2D eigenvalue weighted by Gasteiger charge is -2.32. The van der Waals surface area contributed by atoms with Crippen LogP contribution in [0.2, 0.25) is 0 Å². The Kier molecular flexibility index (Phi) is 10.5. The molecule has 7 nitrogen and oxygen atoms in total. The van der Waals surface area contributed by atoms with Crippen LogP contribution in [-0.2, 0) is 18.4 Å². The molecule has 0 heterocycles. The van der Waals surface area contributed by atoms with Crippen molar-refractivity contribution in [1.82, 2.24) is 5.32 Å². The van der Waals surface area contributed by atoms with Gasteiger partial charge in [0, 0.05) is 0 Å². The molecule has 2 rings (SSSR count). The Morgan fingerprint density at radius 2 is 1.47 bits per heavy atom. The summed E-state index contributed by atoms with van der Waals surface area (Å²) in [6, 6.07) is 12.1. The molecule has 0 aliphatic heterocycles. The molecule has 0 aromatic heterocycles. The highest BCUT2D eigenvalue weighted by atomic mass is 16.5. The number of rotatable bonds is 14. The third kappa shape index (κ3) is 6.13. The highest BCUT2D eigenvalue weighted by Gasteiger charge is 2.36. The molecule has 1 unspecified atom stereocenters. The number of nitriles is 1. The molecule has 0 fully saturated rings. The molecule has 1 atom stereocenters. The third-order valence-electron chi connectivity index (χ3n) is 6.46. The van der Waals surface area contributed by atoms with E-state index in [9.17, 15) is 10.4 Å². The largest absolute Gasteiger partial charge is 0.493 e. The molecule has 0 spiro atoms. The molecule has 2 N–H and O–H groups in total. The van der Waals surface area contributed by atoms with E-state index in [0.717, 1.165) is 49.0 Å². The lowest BCUT2D eigenvalue weighted by Crippen LogP contribution is -2.32. The second kappa shape index (κ2) is 13.1. The second-order valence-corrected chi connectivity index (χ2v) is 8.55. The van der Waals surface area contributed by atoms with Crippen molar-refractivity contribution in [2.75, 3.05) is 41.5 Å². The van der Waals surface area contributed by atoms with Crippen molar-refractivity contribution in [1.29, 1.82) is 5.26 Å². The van der Waals surface area contributed by atoms with Gasteiger partial charge < -0.3 is 29.4 Å². The Balaban J connectivity index is 2.01. The van der Waals surface area contributed by atoms with Crippen LogP contribution in [0.25, 0.3) is 0 Å². The number of nitrogens with one attached hydrogen (secondary N) is 1. The highest BCUT2D eigenvalue weighted by molar-refractivity contribution is 5.48. The Labute approximate surface area is 203 Å². The number of benzene rings is 2. The number of methoxy groups -OCH3 is 4. The van der Waals surface area contributed by atoms with E-state index in [-0.39, 0.29) is 12.5 Å². The van der Waals surface area contributed by atoms with Crippen molar-refractivity contribution < 1.29 is 24.1 Å². The zero-order chi connectivity index (χ0) is 25.1. The molecule has 0 saturated carbocycles. The minimum Gasteiger partial charge on any atom is -0.493 e. The van der Waals surface area contributed by atoms with Gasteiger partial charge in [0.05, 0.1) is 46.5 Å². The van der Waals surface area contributed by atoms with Crippen LogP contribution in [0.3, 0.4) is 0 Å². The van der Waals surface area contributed by atoms with E-state index in [1.165, 1.54) is 0 Å². The van der Waals surface area contributed by atoms with Gasteiger partial charge in [-0.3, -0.25) is 0 Å². The van der Waals surface area contributed by atoms with Gasteiger partial charge in [-0.15, -0.1) is 0 Å². The molecule has 0 radical (unpaired) electrons. The minimum absolute atomic E-state index is 0.0555. The van der Waals surface area contributed by atoms with Crippen LogP contribution in [0, 0.1) is 17.2 Å². The Morgan fingerprint density at radius 1 is 0.882 bits per heavy atom. The molecular formula is C27H38N2O5. The second-order valence-electron chi connectivity index (χ2n) is 8.55. The van der Waals surface area contributed by atoms with Gasteiger partial charge >= 0.3 is 0 Å². The summed E-state index contributed by atoms with van der Waals surface area (Å²) >= 11 is 0. The molecule has 0 aliphatic rings. The van der Waals surface area contributed by atoms with Gasteiger partial charge in [-0.25, -0.2) is 0 Å². The molecule has 0 saturated heterocycles. The van der Waals surface area contributed by atoms with Gasteiger partial charge in [-0.1, -0.05) is 19.9 Å². The summed E-state index contributed by atoms with van der Waals surface area (Å²) in [5, 5.41) is 23.4. The van der Waals surface area contributed by atoms with Crippen LogP contribution >= 0.6 is 0 Å². The third-order valence-corrected chi connectivity index (χ3v) is 6.46. The lowest BCUT2D eigenvalue weighted by molar-refractivity contribution is 0.278. The number of hydrogen-bond donors (Lipinski definition) is 2. The summed E-state index contributed by atoms with van der Waals surface area (Å²) in [6.07, 6.45) is 2.32. The average molecular weight is 471 g/mol. The number of nitrogens with zero attached hydrogens (tertiary/aromatic N) is 1. The normalized spacial score (nSPS) is 12.7. The molecule has 34 heavy (non-hydrogen) atoms. The van der Waals surface area contributed by atoms with Crippen molar-refractivity contribution >= 4 is 0 Å². The quantitative estimate of drug-likeness (QED) is 0.399. The predicted octanol–water partition coefficient (Wildman–Crippen LogP) is 4.24. The van der Waals surface area contributed by atoms with Gasteiger partial charge in [0.1, 0.15) is 0 Å². The average Bonchev–Trinajstić information content (AvgIpc) is 2.87. The smallest absolute Gasteiger partial charge is 0.161 e. The highest BCUT2D eigenvalue weighted by Crippen LogP contribution is 2.40. The van der Waals surface area contributed by atoms with Crippen molar-refractivity contribution in [3.63, 3.8) is 0 Å². The standard InChI is InChI=1S/C27H38N2O5/c1-19(2)27(18-28,22-8-9-23(31-3)26(16-22)34-6)11-7-12-29-13-10-20-14-24(32-4)25(33-5)15-21(20)17-30/h8-9,14-16,19,29-30H,7,10-13,17H2,1-6H3. The number of hydrogen-bond acceptors (Lipinski definition) is 7. The molecule has 0 aliphatic carbocycles. The van der Waals surface area contributed by atoms with Crippen LogP contribution < -0.4 is 24.3 Å². The van der Waals surface area contributed by atoms with Crippen LogP contribution in [0.4, 0.5) is 0 Å². The van der Waals surface area contributed by atoms with Crippen molar-refractivity contribution in [3.8, 4) is 29.1 Å². The first-order valence-electron chi connectivity index (χ1n) is 11.6. The lowest BCUT2D eigenvalue weighted by atomic mass is 9.70. The molecule has 2 aromatic carbocycles. The monoisotopic (exact) mass is 470 g/mol. The summed E-state index contributed by atoms with van der Waals surface area (Å²) in [4.78, 5) is 0. The van der Waals surface area contributed by atoms with Gasteiger partial charge in [0.2, 0.25) is 0 Å². The topological polar surface area (TPSA) is 93.0 Å². The summed E-state index contributed by atoms with van der Waals surface area (Å²) < 4.78 is 21.5. The fraction of sp³-hybridized carbons (Fsp3) is 0.519. The number of aliphatic hydroxyl groups is 1. The van der Waals surface area contributed by atoms with Crippen LogP contribution in [0.15, 0.2) is 30.3 Å². The van der Waals surface area contributed by atoms with Gasteiger partial charge in [-0.05, 0) is 79.2 Å². The summed E-state index contributed by atoms with van der Waals surface area (Å²) in [5.41, 5.74) is 2.18. The zero-order valence-electron chi connectivity index (χ0n) is 21.2. The van der Waals surface area contributed by atoms with Gasteiger partial charge in [0.25, 0.3) is 0 Å². The van der Waals surface area contributed by atoms with E-state index in [1.807, 2.05) is 30.3 Å². The maximum Gasteiger partial charge on any atom is 0.161 e. The first kappa shape index (κ1) is 27.3. The van der Waals surface area contributed by atoms with E-state index in [4.69, 9.17) is 18.9 Å². The van der Waals surface area contributed by atoms with E-state index >= 15 is 0 Å². The van der Waals surface area contributed by atoms with Crippen LogP contribution in [-0.4, -0.2) is 46.6 Å². The van der Waals surface area contributed by atoms with Gasteiger partial charge in [0.15, 0.2) is 23.0 Å². The fourth-order valence-electron chi connectivity index (χ4n) is 4.31. The van der Waals surface area contributed by atoms with E-state index < -0.39 is 5.41 Å². The first-order chi connectivity index (χ1) is 16.4. The Bertz CT molecular complexity index is 970. The molecule has 2 aromatic rings. The predicted molar refractivity (Wildman–Crippen MR) is 133 cm³/mol.